The van der Waals surface area contributed by atoms with Crippen molar-refractivity contribution in [3.05, 3.63) is 65.9 Å². The maximum Gasteiger partial charge on any atom is 0.326 e. The first-order chi connectivity index (χ1) is 34.7. The summed E-state index contributed by atoms with van der Waals surface area (Å²) in [4.78, 5) is 113. The molecule has 2 aromatic carbocycles. The van der Waals surface area contributed by atoms with Crippen molar-refractivity contribution in [2.75, 3.05) is 53.2 Å². The lowest BCUT2D eigenvalue weighted by molar-refractivity contribution is -0.144. The second-order valence-corrected chi connectivity index (χ2v) is 18.8. The Morgan fingerprint density at radius 2 is 1.38 bits per heavy atom. The van der Waals surface area contributed by atoms with Crippen LogP contribution in [0.5, 0.6) is 5.75 Å². The molecule has 1 aliphatic rings. The van der Waals surface area contributed by atoms with Crippen LogP contribution in [-0.4, -0.2) is 179 Å². The highest BCUT2D eigenvalue weighted by Crippen LogP contribution is 2.22. The molecule has 7 amide bonds. The Labute approximate surface area is 424 Å². The van der Waals surface area contributed by atoms with Crippen LogP contribution < -0.4 is 37.2 Å². The molecule has 23 heteroatoms. The molecule has 73 heavy (non-hydrogen) atoms. The van der Waals surface area contributed by atoms with E-state index in [-0.39, 0.29) is 63.7 Å². The van der Waals surface area contributed by atoms with Crippen molar-refractivity contribution in [1.29, 1.82) is 0 Å². The molecule has 1 unspecified atom stereocenters. The zero-order valence-corrected chi connectivity index (χ0v) is 42.3. The normalized spacial score (nSPS) is 16.4. The van der Waals surface area contributed by atoms with E-state index in [4.69, 9.17) is 9.47 Å². The van der Waals surface area contributed by atoms with Crippen LogP contribution in [0.2, 0.25) is 0 Å². The van der Waals surface area contributed by atoms with Crippen LogP contribution in [-0.2, 0) is 60.7 Å². The number of carbonyl (C=O) groups excluding carboxylic acids is 7. The molecule has 12 N–H and O–H groups in total. The lowest BCUT2D eigenvalue weighted by atomic mass is 10.0. The molecule has 402 valence electrons. The molecule has 0 bridgehead atoms. The van der Waals surface area contributed by atoms with Gasteiger partial charge in [0.1, 0.15) is 54.6 Å². The first-order valence-corrected chi connectivity index (χ1v) is 24.5. The Balaban J connectivity index is 1.44. The maximum atomic E-state index is 14.2. The van der Waals surface area contributed by atoms with Crippen molar-refractivity contribution in [3.8, 4) is 5.75 Å². The van der Waals surface area contributed by atoms with E-state index in [1.165, 1.54) is 36.1 Å². The van der Waals surface area contributed by atoms with E-state index in [0.29, 0.717) is 30.7 Å². The number of aliphatic carboxylic acids is 1. The van der Waals surface area contributed by atoms with Gasteiger partial charge in [-0.3, -0.25) is 33.6 Å². The summed E-state index contributed by atoms with van der Waals surface area (Å²) >= 11 is 0. The third kappa shape index (κ3) is 18.1. The molecule has 1 fully saturated rings. The molecule has 1 aromatic heterocycles. The number of para-hydroxylation sites is 1. The third-order valence-electron chi connectivity index (χ3n) is 12.1. The molecule has 0 aliphatic carbocycles. The van der Waals surface area contributed by atoms with Gasteiger partial charge in [0.2, 0.25) is 41.4 Å². The van der Waals surface area contributed by atoms with E-state index in [1.807, 2.05) is 32.0 Å². The number of aliphatic hydroxyl groups is 2. The van der Waals surface area contributed by atoms with Gasteiger partial charge < -0.3 is 77.0 Å². The Bertz CT molecular complexity index is 2320. The number of aromatic hydroxyl groups is 1. The van der Waals surface area contributed by atoms with E-state index in [1.54, 1.807) is 33.2 Å². The maximum absolute atomic E-state index is 14.2. The molecule has 3 aromatic rings. The highest BCUT2D eigenvalue weighted by molar-refractivity contribution is 5.98. The van der Waals surface area contributed by atoms with Crippen LogP contribution in [0.4, 0.5) is 0 Å². The first kappa shape index (κ1) is 58.9. The minimum atomic E-state index is -1.61. The molecule has 8 atom stereocenters. The molecule has 23 nitrogen and oxygen atoms in total. The van der Waals surface area contributed by atoms with E-state index in [9.17, 15) is 58.8 Å². The van der Waals surface area contributed by atoms with Crippen molar-refractivity contribution in [2.24, 2.45) is 11.8 Å². The number of benzene rings is 2. The zero-order valence-electron chi connectivity index (χ0n) is 42.3. The number of phenolic OH excluding ortho intramolecular Hbond substituents is 1. The van der Waals surface area contributed by atoms with Gasteiger partial charge in [0.25, 0.3) is 0 Å². The van der Waals surface area contributed by atoms with Crippen LogP contribution in [0.1, 0.15) is 65.0 Å². The average molecular weight is 1020 g/mol. The number of fused-ring (bicyclic) bond motifs is 1. The number of aliphatic hydroxyl groups excluding tert-OH is 2. The Morgan fingerprint density at radius 3 is 2.03 bits per heavy atom. The highest BCUT2D eigenvalue weighted by atomic mass is 16.5. The largest absolute Gasteiger partial charge is 0.508 e. The van der Waals surface area contributed by atoms with Crippen LogP contribution >= 0.6 is 0 Å². The molecular weight excluding hydrogens is 951 g/mol. The van der Waals surface area contributed by atoms with Crippen molar-refractivity contribution in [1.82, 2.24) is 47.1 Å². The van der Waals surface area contributed by atoms with Crippen LogP contribution in [0.15, 0.2) is 54.7 Å². The zero-order chi connectivity index (χ0) is 53.8. The van der Waals surface area contributed by atoms with Gasteiger partial charge in [-0.1, -0.05) is 58.0 Å². The monoisotopic (exact) mass is 1020 g/mol. The predicted octanol–water partition coefficient (Wildman–Crippen LogP) is -1.03. The molecule has 0 saturated carbocycles. The number of aromatic amines is 1. The van der Waals surface area contributed by atoms with Crippen molar-refractivity contribution in [3.63, 3.8) is 0 Å². The summed E-state index contributed by atoms with van der Waals surface area (Å²) in [5.74, 6) is -7.73. The topological polar surface area (TPSA) is 339 Å². The highest BCUT2D eigenvalue weighted by Gasteiger charge is 2.41. The summed E-state index contributed by atoms with van der Waals surface area (Å²) in [5, 5.41) is 60.0. The number of likely N-dealkylation sites (tertiary alicyclic amines) is 1. The van der Waals surface area contributed by atoms with E-state index >= 15 is 0 Å². The van der Waals surface area contributed by atoms with E-state index < -0.39 is 108 Å². The minimum absolute atomic E-state index is 0.0273. The number of hydrogen-bond donors (Lipinski definition) is 12. The van der Waals surface area contributed by atoms with Gasteiger partial charge in [-0.25, -0.2) is 4.79 Å². The van der Waals surface area contributed by atoms with Gasteiger partial charge in [0.15, 0.2) is 0 Å². The van der Waals surface area contributed by atoms with Crippen molar-refractivity contribution in [2.45, 2.75) is 115 Å². The quantitative estimate of drug-likeness (QED) is 0.0356. The second-order valence-electron chi connectivity index (χ2n) is 18.8. The fourth-order valence-electron chi connectivity index (χ4n) is 8.22. The van der Waals surface area contributed by atoms with Crippen molar-refractivity contribution < 1.29 is 68.3 Å². The van der Waals surface area contributed by atoms with Crippen LogP contribution in [0.3, 0.4) is 0 Å². The minimum Gasteiger partial charge on any atom is -0.508 e. The molecule has 1 aliphatic heterocycles. The second kappa shape index (κ2) is 29.1. The number of carbonyl (C=O) groups is 8. The number of H-pyrrole nitrogens is 1. The van der Waals surface area contributed by atoms with Gasteiger partial charge >= 0.3 is 5.97 Å². The Kier molecular flexibility index (Phi) is 23.5. The third-order valence-corrected chi connectivity index (χ3v) is 12.1. The summed E-state index contributed by atoms with van der Waals surface area (Å²) < 4.78 is 10.7. The van der Waals surface area contributed by atoms with Crippen molar-refractivity contribution >= 4 is 58.2 Å². The number of nitrogens with zero attached hydrogens (tertiary/aromatic N) is 1. The number of ether oxygens (including phenoxy) is 2. The summed E-state index contributed by atoms with van der Waals surface area (Å²) in [5.41, 5.74) is 1.90. The lowest BCUT2D eigenvalue weighted by Crippen LogP contribution is -2.62. The molecule has 1 saturated heterocycles. The number of likely N-dealkylation sites (N-methyl/N-ethyl adjacent to an activating group) is 1. The molecule has 0 radical (unpaired) electrons. The van der Waals surface area contributed by atoms with Gasteiger partial charge in [0, 0.05) is 43.0 Å². The number of carboxylic acids is 1. The van der Waals surface area contributed by atoms with Gasteiger partial charge in [-0.2, -0.15) is 0 Å². The summed E-state index contributed by atoms with van der Waals surface area (Å²) in [6, 6.07) is 3.42. The lowest BCUT2D eigenvalue weighted by Gasteiger charge is -2.31. The smallest absolute Gasteiger partial charge is 0.326 e. The van der Waals surface area contributed by atoms with Crippen LogP contribution in [0, 0.1) is 11.8 Å². The molecule has 2 heterocycles. The van der Waals surface area contributed by atoms with Crippen LogP contribution in [0.25, 0.3) is 10.9 Å². The Morgan fingerprint density at radius 1 is 0.740 bits per heavy atom. The number of nitrogens with one attached hydrogen (secondary N) is 8. The van der Waals surface area contributed by atoms with Gasteiger partial charge in [0.05, 0.1) is 32.5 Å². The predicted molar refractivity (Wildman–Crippen MR) is 266 cm³/mol. The fraction of sp³-hybridized carbons (Fsp3) is 0.560. The Hall–Kier alpha value is -6.66. The number of amides is 7. The average Bonchev–Trinajstić information content (AvgIpc) is 4.01. The van der Waals surface area contributed by atoms with Gasteiger partial charge in [-0.15, -0.1) is 0 Å². The van der Waals surface area contributed by atoms with E-state index in [2.05, 4.69) is 42.2 Å². The summed E-state index contributed by atoms with van der Waals surface area (Å²) in [7, 11) is 1.79. The summed E-state index contributed by atoms with van der Waals surface area (Å²) in [6.45, 7) is 8.35. The SMILES string of the molecule is CNCCOCCOCC(=O)N[C@@H](CC(C)C)C(=O)N[C@H](C(=O)NC(C(=O)N[C@@H](CO)C(=O)N1CCC[C@H]1C(=O)N[C@@H](Cc1c[nH]c2ccccc12)C(=O)N[C@@H](Cc1ccc(O)cc1)C(=O)O)C(C)C)[C@@H](C)O. The molecule has 4 rings (SSSR count). The van der Waals surface area contributed by atoms with Gasteiger partial charge in [-0.05, 0) is 74.4 Å². The number of phenols is 1. The fourth-order valence-corrected chi connectivity index (χ4v) is 8.22. The molecule has 0 spiro atoms. The first-order valence-electron chi connectivity index (χ1n) is 24.5. The standard InChI is InChI=1S/C50H73N9O14/c1-28(2)22-36(53-41(63)27-73-21-20-72-19-17-51-6)45(65)58-43(30(5)61)48(68)57-42(29(3)4)47(67)56-39(26-60)49(69)59-18-9-12-40(59)46(66)54-37(24-32-25-52-35-11-8-7-10-34(32)35)44(64)55-38(50(70)71)23-31-13-15-33(62)16-14-31/h7-8,10-11,13-16,25,28-30,36-40,42-43,51-52,60-62H,9,12,17-24,26-27H2,1-6H3,(H,53,63)(H,54,66)(H,55,64)(H,56,67)(H,57,68)(H,58,65)(H,70,71)/t30-,36+,37+,38+,39+,40+,42?,43+/m1/s1. The van der Waals surface area contributed by atoms with E-state index in [0.717, 1.165) is 10.9 Å². The number of hydrogen-bond acceptors (Lipinski definition) is 14. The summed E-state index contributed by atoms with van der Waals surface area (Å²) in [6.07, 6.45) is 0.618. The number of aromatic nitrogens is 1. The number of carboxylic acid groups (broad SMARTS) is 1. The molecular formula is C50H73N9O14. The number of rotatable bonds is 30.